The van der Waals surface area contributed by atoms with Crippen LogP contribution in [-0.4, -0.2) is 32.4 Å². The Kier molecular flexibility index (Phi) is 7.17. The zero-order valence-electron chi connectivity index (χ0n) is 17.1. The Labute approximate surface area is 175 Å². The van der Waals surface area contributed by atoms with Crippen molar-refractivity contribution in [2.45, 2.75) is 20.8 Å². The maximum atomic E-state index is 12.9. The number of rotatable bonds is 7. The van der Waals surface area contributed by atoms with E-state index in [1.165, 1.54) is 25.1 Å². The van der Waals surface area contributed by atoms with Crippen molar-refractivity contribution in [3.8, 4) is 0 Å². The lowest BCUT2D eigenvalue weighted by atomic mass is 10.1. The molecule has 4 N–H and O–H groups in total. The van der Waals surface area contributed by atoms with Gasteiger partial charge in [-0.05, 0) is 36.4 Å². The van der Waals surface area contributed by atoms with Crippen molar-refractivity contribution in [1.29, 1.82) is 0 Å². The van der Waals surface area contributed by atoms with Gasteiger partial charge < -0.3 is 16.0 Å². The fourth-order valence-electron chi connectivity index (χ4n) is 2.46. The van der Waals surface area contributed by atoms with E-state index in [0.29, 0.717) is 17.1 Å². The first-order valence-corrected chi connectivity index (χ1v) is 11.0. The molecule has 0 spiro atoms. The summed E-state index contributed by atoms with van der Waals surface area (Å²) in [5, 5.41) is 7.96. The van der Waals surface area contributed by atoms with Gasteiger partial charge in [-0.3, -0.25) is 19.1 Å². The Hall–Kier alpha value is -3.40. The lowest BCUT2D eigenvalue weighted by molar-refractivity contribution is -0.119. The van der Waals surface area contributed by atoms with Gasteiger partial charge in [0.15, 0.2) is 0 Å². The molecular formula is C20H24N4O5S. The fourth-order valence-corrected chi connectivity index (χ4v) is 3.04. The molecule has 0 aliphatic rings. The molecule has 0 unspecified atom stereocenters. The van der Waals surface area contributed by atoms with E-state index in [-0.39, 0.29) is 29.0 Å². The summed E-state index contributed by atoms with van der Waals surface area (Å²) >= 11 is 0. The molecule has 3 amide bonds. The van der Waals surface area contributed by atoms with E-state index in [0.717, 1.165) is 6.26 Å². The Morgan fingerprint density at radius 2 is 1.47 bits per heavy atom. The van der Waals surface area contributed by atoms with Crippen molar-refractivity contribution in [2.75, 3.05) is 26.9 Å². The highest BCUT2D eigenvalue weighted by Crippen LogP contribution is 2.24. The minimum absolute atomic E-state index is 0.0169. The number of hydrogen-bond donors (Lipinski definition) is 4. The van der Waals surface area contributed by atoms with Crippen molar-refractivity contribution in [3.05, 3.63) is 48.0 Å². The molecule has 2 aromatic carbocycles. The largest absolute Gasteiger partial charge is 0.326 e. The molecule has 0 saturated heterocycles. The molecule has 0 aliphatic heterocycles. The van der Waals surface area contributed by atoms with E-state index in [2.05, 4.69) is 20.7 Å². The highest BCUT2D eigenvalue weighted by atomic mass is 32.2. The molecule has 10 heteroatoms. The number of sulfonamides is 1. The fraction of sp³-hybridized carbons (Fsp3) is 0.250. The van der Waals surface area contributed by atoms with E-state index >= 15 is 0 Å². The first-order chi connectivity index (χ1) is 13.9. The van der Waals surface area contributed by atoms with Crippen molar-refractivity contribution in [1.82, 2.24) is 0 Å². The molecule has 0 radical (unpaired) electrons. The molecule has 0 aliphatic carbocycles. The molecule has 2 aromatic rings. The Balaban J connectivity index is 2.32. The lowest BCUT2D eigenvalue weighted by Crippen LogP contribution is -2.19. The standard InChI is InChI=1S/C20H24N4O5S/c1-12(2)19(26)22-14-6-5-7-15(10-14)23-20(27)17-11-16(21-13(3)25)8-9-18(17)24-30(4,28)29/h5-12,24H,1-4H3,(H,21,25)(H,22,26)(H,23,27). The van der Waals surface area contributed by atoms with Crippen molar-refractivity contribution < 1.29 is 22.8 Å². The normalized spacial score (nSPS) is 11.0. The SMILES string of the molecule is CC(=O)Nc1ccc(NS(C)(=O)=O)c(C(=O)Nc2cccc(NC(=O)C(C)C)c2)c1. The van der Waals surface area contributed by atoms with Crippen LogP contribution >= 0.6 is 0 Å². The molecule has 2 rings (SSSR count). The zero-order chi connectivity index (χ0) is 22.5. The number of anilines is 4. The number of carbonyl (C=O) groups excluding carboxylic acids is 3. The van der Waals surface area contributed by atoms with Crippen LogP contribution in [0.5, 0.6) is 0 Å². The number of amides is 3. The maximum Gasteiger partial charge on any atom is 0.257 e. The molecular weight excluding hydrogens is 408 g/mol. The first-order valence-electron chi connectivity index (χ1n) is 9.06. The number of nitrogens with one attached hydrogen (secondary N) is 4. The number of benzene rings is 2. The molecule has 0 heterocycles. The van der Waals surface area contributed by atoms with Gasteiger partial charge in [0.05, 0.1) is 17.5 Å². The van der Waals surface area contributed by atoms with Crippen LogP contribution in [0.3, 0.4) is 0 Å². The smallest absolute Gasteiger partial charge is 0.257 e. The van der Waals surface area contributed by atoms with Gasteiger partial charge in [-0.25, -0.2) is 8.42 Å². The van der Waals surface area contributed by atoms with Crippen LogP contribution in [0.1, 0.15) is 31.1 Å². The monoisotopic (exact) mass is 432 g/mol. The summed E-state index contributed by atoms with van der Waals surface area (Å²) in [5.74, 6) is -1.30. The summed E-state index contributed by atoms with van der Waals surface area (Å²) in [5.41, 5.74) is 1.33. The third-order valence-electron chi connectivity index (χ3n) is 3.79. The highest BCUT2D eigenvalue weighted by Gasteiger charge is 2.16. The lowest BCUT2D eigenvalue weighted by Gasteiger charge is -2.14. The predicted molar refractivity (Wildman–Crippen MR) is 117 cm³/mol. The van der Waals surface area contributed by atoms with E-state index in [1.807, 2.05) is 0 Å². The minimum atomic E-state index is -3.64. The third-order valence-corrected chi connectivity index (χ3v) is 4.38. The Morgan fingerprint density at radius 3 is 2.03 bits per heavy atom. The van der Waals surface area contributed by atoms with Crippen LogP contribution in [0.4, 0.5) is 22.7 Å². The molecule has 0 bridgehead atoms. The summed E-state index contributed by atoms with van der Waals surface area (Å²) in [6.07, 6.45) is 0.970. The third kappa shape index (κ3) is 6.89. The van der Waals surface area contributed by atoms with Crippen LogP contribution in [0.2, 0.25) is 0 Å². The topological polar surface area (TPSA) is 133 Å². The number of hydrogen-bond acceptors (Lipinski definition) is 5. The van der Waals surface area contributed by atoms with E-state index in [4.69, 9.17) is 0 Å². The van der Waals surface area contributed by atoms with Gasteiger partial charge in [0.25, 0.3) is 5.91 Å². The molecule has 160 valence electrons. The molecule has 0 fully saturated rings. The van der Waals surface area contributed by atoms with Gasteiger partial charge in [0.2, 0.25) is 21.8 Å². The van der Waals surface area contributed by atoms with Crippen LogP contribution in [0.15, 0.2) is 42.5 Å². The summed E-state index contributed by atoms with van der Waals surface area (Å²) in [6.45, 7) is 4.85. The van der Waals surface area contributed by atoms with Gasteiger partial charge in [-0.1, -0.05) is 19.9 Å². The summed E-state index contributed by atoms with van der Waals surface area (Å²) in [7, 11) is -3.64. The second-order valence-electron chi connectivity index (χ2n) is 6.99. The van der Waals surface area contributed by atoms with Gasteiger partial charge >= 0.3 is 0 Å². The quantitative estimate of drug-likeness (QED) is 0.534. The molecule has 0 aromatic heterocycles. The average molecular weight is 433 g/mol. The summed E-state index contributed by atoms with van der Waals surface area (Å²) < 4.78 is 25.6. The Bertz CT molecular complexity index is 1080. The molecule has 0 atom stereocenters. The molecule has 9 nitrogen and oxygen atoms in total. The predicted octanol–water partition coefficient (Wildman–Crippen LogP) is 2.86. The van der Waals surface area contributed by atoms with Gasteiger partial charge in [-0.15, -0.1) is 0 Å². The van der Waals surface area contributed by atoms with Crippen LogP contribution in [0, 0.1) is 5.92 Å². The van der Waals surface area contributed by atoms with Crippen LogP contribution in [-0.2, 0) is 19.6 Å². The minimum Gasteiger partial charge on any atom is -0.326 e. The van der Waals surface area contributed by atoms with Crippen LogP contribution in [0.25, 0.3) is 0 Å². The summed E-state index contributed by atoms with van der Waals surface area (Å²) in [6, 6.07) is 10.8. The number of carbonyl (C=O) groups is 3. The van der Waals surface area contributed by atoms with Gasteiger partial charge in [0, 0.05) is 29.9 Å². The second-order valence-corrected chi connectivity index (χ2v) is 8.74. The van der Waals surface area contributed by atoms with Gasteiger partial charge in [-0.2, -0.15) is 0 Å². The molecule has 0 saturated carbocycles. The maximum absolute atomic E-state index is 12.9. The van der Waals surface area contributed by atoms with Crippen molar-refractivity contribution in [2.24, 2.45) is 5.92 Å². The van der Waals surface area contributed by atoms with E-state index in [1.54, 1.807) is 38.1 Å². The Morgan fingerprint density at radius 1 is 0.867 bits per heavy atom. The highest BCUT2D eigenvalue weighted by molar-refractivity contribution is 7.92. The van der Waals surface area contributed by atoms with Crippen molar-refractivity contribution >= 4 is 50.5 Å². The second kappa shape index (κ2) is 9.40. The summed E-state index contributed by atoms with van der Waals surface area (Å²) in [4.78, 5) is 36.0. The zero-order valence-corrected chi connectivity index (χ0v) is 17.9. The van der Waals surface area contributed by atoms with E-state index in [9.17, 15) is 22.8 Å². The van der Waals surface area contributed by atoms with Crippen LogP contribution < -0.4 is 20.7 Å². The first kappa shape index (κ1) is 22.9. The molecule has 30 heavy (non-hydrogen) atoms. The van der Waals surface area contributed by atoms with E-state index < -0.39 is 15.9 Å². The van der Waals surface area contributed by atoms with Crippen molar-refractivity contribution in [3.63, 3.8) is 0 Å². The van der Waals surface area contributed by atoms with Gasteiger partial charge in [0.1, 0.15) is 0 Å². The average Bonchev–Trinajstić information content (AvgIpc) is 2.61.